The van der Waals surface area contributed by atoms with Crippen molar-refractivity contribution in [2.45, 2.75) is 26.9 Å². The van der Waals surface area contributed by atoms with Crippen LogP contribution in [0.25, 0.3) is 10.7 Å². The zero-order valence-electron chi connectivity index (χ0n) is 19.0. The number of nitrogens with zero attached hydrogens (tertiary/aromatic N) is 3. The van der Waals surface area contributed by atoms with Gasteiger partial charge in [0.2, 0.25) is 21.7 Å². The number of amides is 1. The summed E-state index contributed by atoms with van der Waals surface area (Å²) in [6, 6.07) is 16.3. The van der Waals surface area contributed by atoms with Gasteiger partial charge in [0.1, 0.15) is 0 Å². The molecular formula is C24H24N4O4S2. The van der Waals surface area contributed by atoms with Gasteiger partial charge in [-0.05, 0) is 54.1 Å². The Morgan fingerprint density at radius 1 is 1.06 bits per heavy atom. The maximum atomic E-state index is 12.6. The second kappa shape index (κ2) is 9.78. The highest BCUT2D eigenvalue weighted by Gasteiger charge is 2.21. The predicted octanol–water partition coefficient (Wildman–Crippen LogP) is 4.31. The molecule has 0 fully saturated rings. The van der Waals surface area contributed by atoms with E-state index in [2.05, 4.69) is 15.5 Å². The lowest BCUT2D eigenvalue weighted by Gasteiger charge is -2.26. The summed E-state index contributed by atoms with van der Waals surface area (Å²) in [7, 11) is -3.51. The van der Waals surface area contributed by atoms with Crippen LogP contribution in [0, 0.1) is 13.8 Å². The number of carbonyl (C=O) groups excluding carboxylic acids is 1. The van der Waals surface area contributed by atoms with Gasteiger partial charge >= 0.3 is 0 Å². The highest BCUT2D eigenvalue weighted by Crippen LogP contribution is 2.28. The standard InChI is InChI=1S/C24H24N4O4S2/c1-16-6-4-7-17(2)22(16)28(34(3,30)31)15-18-9-11-19(12-10-18)24(29)25-14-21-26-23(27-32-21)20-8-5-13-33-20/h4-13H,14-15H2,1-3H3,(H,25,29). The molecule has 0 aliphatic heterocycles. The molecule has 4 aromatic rings. The maximum Gasteiger partial charge on any atom is 0.251 e. The Morgan fingerprint density at radius 2 is 1.76 bits per heavy atom. The van der Waals surface area contributed by atoms with E-state index in [0.29, 0.717) is 23.0 Å². The van der Waals surface area contributed by atoms with Crippen molar-refractivity contribution in [1.82, 2.24) is 15.5 Å². The fourth-order valence-electron chi connectivity index (χ4n) is 3.58. The van der Waals surface area contributed by atoms with Crippen LogP contribution in [0.5, 0.6) is 0 Å². The minimum atomic E-state index is -3.51. The quantitative estimate of drug-likeness (QED) is 0.390. The van der Waals surface area contributed by atoms with E-state index in [1.54, 1.807) is 24.3 Å². The molecule has 2 aromatic carbocycles. The summed E-state index contributed by atoms with van der Waals surface area (Å²) in [5.41, 5.74) is 3.64. The number of rotatable bonds is 8. The van der Waals surface area contributed by atoms with Gasteiger partial charge in [-0.15, -0.1) is 11.3 Å². The Morgan fingerprint density at radius 3 is 2.38 bits per heavy atom. The predicted molar refractivity (Wildman–Crippen MR) is 132 cm³/mol. The Bertz CT molecular complexity index is 1380. The van der Waals surface area contributed by atoms with Crippen LogP contribution in [0.2, 0.25) is 0 Å². The molecule has 0 spiro atoms. The van der Waals surface area contributed by atoms with Gasteiger partial charge in [-0.1, -0.05) is 41.6 Å². The van der Waals surface area contributed by atoms with Crippen LogP contribution < -0.4 is 9.62 Å². The van der Waals surface area contributed by atoms with Crippen LogP contribution >= 0.6 is 11.3 Å². The summed E-state index contributed by atoms with van der Waals surface area (Å²) >= 11 is 1.50. The Hall–Kier alpha value is -3.50. The zero-order valence-corrected chi connectivity index (χ0v) is 20.6. The van der Waals surface area contributed by atoms with Crippen molar-refractivity contribution < 1.29 is 17.7 Å². The van der Waals surface area contributed by atoms with Crippen molar-refractivity contribution in [3.05, 3.63) is 88.1 Å². The number of sulfonamides is 1. The van der Waals surface area contributed by atoms with Crippen molar-refractivity contribution in [3.8, 4) is 10.7 Å². The molecule has 8 nitrogen and oxygen atoms in total. The number of hydrogen-bond donors (Lipinski definition) is 1. The number of benzene rings is 2. The average molecular weight is 497 g/mol. The van der Waals surface area contributed by atoms with Crippen LogP contribution in [0.1, 0.15) is 32.9 Å². The van der Waals surface area contributed by atoms with E-state index in [9.17, 15) is 13.2 Å². The van der Waals surface area contributed by atoms with E-state index in [-0.39, 0.29) is 19.0 Å². The normalized spacial score (nSPS) is 11.4. The third-order valence-electron chi connectivity index (χ3n) is 5.24. The second-order valence-corrected chi connectivity index (χ2v) is 10.7. The van der Waals surface area contributed by atoms with Gasteiger partial charge in [-0.25, -0.2) is 8.42 Å². The van der Waals surface area contributed by atoms with Crippen molar-refractivity contribution in [3.63, 3.8) is 0 Å². The van der Waals surface area contributed by atoms with Gasteiger partial charge in [0.25, 0.3) is 5.91 Å². The summed E-state index contributed by atoms with van der Waals surface area (Å²) in [4.78, 5) is 17.7. The number of thiophene rings is 1. The summed E-state index contributed by atoms with van der Waals surface area (Å²) < 4.78 is 31.7. The van der Waals surface area contributed by atoms with E-state index in [1.165, 1.54) is 21.9 Å². The molecule has 1 amide bonds. The van der Waals surface area contributed by atoms with Gasteiger partial charge < -0.3 is 9.84 Å². The third kappa shape index (κ3) is 5.35. The van der Waals surface area contributed by atoms with Crippen LogP contribution in [-0.2, 0) is 23.1 Å². The molecular weight excluding hydrogens is 472 g/mol. The monoisotopic (exact) mass is 496 g/mol. The number of carbonyl (C=O) groups is 1. The highest BCUT2D eigenvalue weighted by molar-refractivity contribution is 7.92. The number of nitrogens with one attached hydrogen (secondary N) is 1. The molecule has 0 aliphatic rings. The minimum absolute atomic E-state index is 0.105. The zero-order chi connectivity index (χ0) is 24.3. The smallest absolute Gasteiger partial charge is 0.251 e. The van der Waals surface area contributed by atoms with Gasteiger partial charge in [0, 0.05) is 5.56 Å². The van der Waals surface area contributed by atoms with Gasteiger partial charge in [0.15, 0.2) is 0 Å². The topological polar surface area (TPSA) is 105 Å². The van der Waals surface area contributed by atoms with Crippen molar-refractivity contribution in [2.24, 2.45) is 0 Å². The molecule has 1 N–H and O–H groups in total. The molecule has 0 saturated heterocycles. The second-order valence-electron chi connectivity index (χ2n) is 7.88. The third-order valence-corrected chi connectivity index (χ3v) is 7.22. The van der Waals surface area contributed by atoms with E-state index in [4.69, 9.17) is 4.52 Å². The first-order chi connectivity index (χ1) is 16.2. The summed E-state index contributed by atoms with van der Waals surface area (Å²) in [5, 5.41) is 8.61. The van der Waals surface area contributed by atoms with Crippen molar-refractivity contribution in [1.29, 1.82) is 0 Å². The largest absolute Gasteiger partial charge is 0.343 e. The van der Waals surface area contributed by atoms with Gasteiger partial charge in [0.05, 0.1) is 29.9 Å². The van der Waals surface area contributed by atoms with Gasteiger partial charge in [-0.2, -0.15) is 4.98 Å². The van der Waals surface area contributed by atoms with Crippen LogP contribution in [0.15, 0.2) is 64.5 Å². The fourth-order valence-corrected chi connectivity index (χ4v) is 5.23. The van der Waals surface area contributed by atoms with Crippen molar-refractivity contribution in [2.75, 3.05) is 10.6 Å². The number of aromatic nitrogens is 2. The van der Waals surface area contributed by atoms with Crippen molar-refractivity contribution >= 4 is 33.0 Å². The molecule has 2 aromatic heterocycles. The Balaban J connectivity index is 1.43. The summed E-state index contributed by atoms with van der Waals surface area (Å²) in [6.45, 7) is 4.05. The van der Waals surface area contributed by atoms with E-state index in [0.717, 1.165) is 21.6 Å². The van der Waals surface area contributed by atoms with Crippen LogP contribution in [0.3, 0.4) is 0 Å². The van der Waals surface area contributed by atoms with Crippen LogP contribution in [0.4, 0.5) is 5.69 Å². The lowest BCUT2D eigenvalue weighted by molar-refractivity contribution is 0.0946. The molecule has 4 rings (SSSR count). The molecule has 2 heterocycles. The molecule has 0 unspecified atom stereocenters. The molecule has 0 atom stereocenters. The lowest BCUT2D eigenvalue weighted by Crippen LogP contribution is -2.30. The van der Waals surface area contributed by atoms with E-state index < -0.39 is 10.0 Å². The Kier molecular flexibility index (Phi) is 6.80. The minimum Gasteiger partial charge on any atom is -0.343 e. The number of anilines is 1. The molecule has 0 bridgehead atoms. The number of hydrogen-bond acceptors (Lipinski definition) is 7. The number of aryl methyl sites for hydroxylation is 2. The van der Waals surface area contributed by atoms with E-state index >= 15 is 0 Å². The lowest BCUT2D eigenvalue weighted by atomic mass is 10.1. The first-order valence-electron chi connectivity index (χ1n) is 10.5. The summed E-state index contributed by atoms with van der Waals surface area (Å²) in [5.74, 6) is 0.505. The molecule has 34 heavy (non-hydrogen) atoms. The Labute approximate surface area is 202 Å². The van der Waals surface area contributed by atoms with E-state index in [1.807, 2.05) is 49.6 Å². The average Bonchev–Trinajstić information content (AvgIpc) is 3.48. The molecule has 176 valence electrons. The SMILES string of the molecule is Cc1cccc(C)c1N(Cc1ccc(C(=O)NCc2nc(-c3cccs3)no2)cc1)S(C)(=O)=O. The molecule has 10 heteroatoms. The first kappa shape index (κ1) is 23.7. The fraction of sp³-hybridized carbons (Fsp3) is 0.208. The number of para-hydroxylation sites is 1. The molecule has 0 saturated carbocycles. The van der Waals surface area contributed by atoms with Gasteiger partial charge in [-0.3, -0.25) is 9.10 Å². The maximum absolute atomic E-state index is 12.6. The molecule has 0 aliphatic carbocycles. The summed E-state index contributed by atoms with van der Waals surface area (Å²) in [6.07, 6.45) is 1.20. The highest BCUT2D eigenvalue weighted by atomic mass is 32.2. The van der Waals surface area contributed by atoms with Crippen LogP contribution in [-0.4, -0.2) is 30.7 Å². The first-order valence-corrected chi connectivity index (χ1v) is 13.2. The molecule has 0 radical (unpaired) electrons.